The van der Waals surface area contributed by atoms with Gasteiger partial charge in [0.2, 0.25) is 0 Å². The second-order valence-corrected chi connectivity index (χ2v) is 6.40. The molecule has 0 aliphatic heterocycles. The van der Waals surface area contributed by atoms with E-state index in [1.165, 1.54) is 24.3 Å². The molecule has 0 bridgehead atoms. The van der Waals surface area contributed by atoms with Crippen molar-refractivity contribution in [3.8, 4) is 11.5 Å². The van der Waals surface area contributed by atoms with Gasteiger partial charge in [-0.05, 0) is 54.6 Å². The Kier molecular flexibility index (Phi) is 5.98. The molecule has 0 aliphatic rings. The molecular weight excluding hydrogens is 405 g/mol. The van der Waals surface area contributed by atoms with E-state index in [2.05, 4.69) is 10.6 Å². The number of nitrogens with one attached hydrogen (secondary N) is 2. The molecule has 0 atom stereocenters. The third-order valence-electron chi connectivity index (χ3n) is 3.57. The van der Waals surface area contributed by atoms with Gasteiger partial charge in [-0.15, -0.1) is 0 Å². The fraction of sp³-hybridized carbons (Fsp3) is 0. The quantitative estimate of drug-likeness (QED) is 0.374. The molecule has 3 aromatic carbocycles. The Balaban J connectivity index is 1.58. The maximum Gasteiger partial charge on any atom is 0.323 e. The first-order valence-corrected chi connectivity index (χ1v) is 8.72. The van der Waals surface area contributed by atoms with Crippen LogP contribution in [0.5, 0.6) is 11.5 Å². The van der Waals surface area contributed by atoms with E-state index < -0.39 is 11.0 Å². The molecule has 2 N–H and O–H groups in total. The summed E-state index contributed by atoms with van der Waals surface area (Å²) in [5.41, 5.74) is 1.04. The first-order chi connectivity index (χ1) is 13.4. The zero-order valence-corrected chi connectivity index (χ0v) is 15.7. The van der Waals surface area contributed by atoms with Crippen LogP contribution in [0.1, 0.15) is 0 Å². The zero-order chi connectivity index (χ0) is 20.1. The van der Waals surface area contributed by atoms with Crippen molar-refractivity contribution in [2.75, 3.05) is 10.6 Å². The Morgan fingerprint density at radius 1 is 0.821 bits per heavy atom. The number of hydrogen-bond donors (Lipinski definition) is 2. The number of nitro benzene ring substituents is 1. The summed E-state index contributed by atoms with van der Waals surface area (Å²) >= 11 is 11.8. The van der Waals surface area contributed by atoms with E-state index in [0.717, 1.165) is 0 Å². The van der Waals surface area contributed by atoms with Crippen LogP contribution in [0, 0.1) is 10.1 Å². The fourth-order valence-corrected chi connectivity index (χ4v) is 2.54. The third-order valence-corrected chi connectivity index (χ3v) is 4.31. The van der Waals surface area contributed by atoms with Crippen LogP contribution >= 0.6 is 23.2 Å². The molecule has 0 saturated heterocycles. The number of hydrogen-bond acceptors (Lipinski definition) is 4. The summed E-state index contributed by atoms with van der Waals surface area (Å²) in [6.45, 7) is 0. The Morgan fingerprint density at radius 3 is 1.93 bits per heavy atom. The van der Waals surface area contributed by atoms with Crippen LogP contribution in [0.25, 0.3) is 0 Å². The van der Waals surface area contributed by atoms with Crippen LogP contribution in [0.2, 0.25) is 10.0 Å². The first-order valence-electron chi connectivity index (χ1n) is 7.96. The molecule has 142 valence electrons. The minimum Gasteiger partial charge on any atom is -0.457 e. The smallest absolute Gasteiger partial charge is 0.323 e. The van der Waals surface area contributed by atoms with Crippen molar-refractivity contribution in [1.82, 2.24) is 0 Å². The summed E-state index contributed by atoms with van der Waals surface area (Å²) in [7, 11) is 0. The number of urea groups is 1. The van der Waals surface area contributed by atoms with Crippen molar-refractivity contribution >= 4 is 46.3 Å². The number of nitrogens with zero attached hydrogens (tertiary/aromatic N) is 1. The number of carbonyl (C=O) groups excluding carboxylic acids is 1. The van der Waals surface area contributed by atoms with Gasteiger partial charge in [0.1, 0.15) is 11.5 Å². The second-order valence-electron chi connectivity index (χ2n) is 5.59. The van der Waals surface area contributed by atoms with Gasteiger partial charge in [-0.3, -0.25) is 10.1 Å². The second kappa shape index (κ2) is 8.60. The highest BCUT2D eigenvalue weighted by Crippen LogP contribution is 2.26. The van der Waals surface area contributed by atoms with Gasteiger partial charge in [0.15, 0.2) is 0 Å². The summed E-state index contributed by atoms with van der Waals surface area (Å²) in [5.74, 6) is 0.980. The molecule has 0 aliphatic carbocycles. The first kappa shape index (κ1) is 19.5. The number of nitro groups is 1. The third kappa shape index (κ3) is 5.12. The Hall–Kier alpha value is -3.29. The Morgan fingerprint density at radius 2 is 1.36 bits per heavy atom. The highest BCUT2D eigenvalue weighted by atomic mass is 35.5. The molecule has 28 heavy (non-hydrogen) atoms. The maximum absolute atomic E-state index is 12.1. The lowest BCUT2D eigenvalue weighted by atomic mass is 10.3. The molecule has 2 amide bonds. The van der Waals surface area contributed by atoms with Crippen LogP contribution in [0.15, 0.2) is 66.7 Å². The van der Waals surface area contributed by atoms with Gasteiger partial charge in [0.25, 0.3) is 5.69 Å². The molecule has 0 spiro atoms. The molecule has 0 saturated carbocycles. The number of amides is 2. The van der Waals surface area contributed by atoms with Gasteiger partial charge < -0.3 is 15.4 Å². The molecule has 7 nitrogen and oxygen atoms in total. The van der Waals surface area contributed by atoms with Crippen LogP contribution in [-0.2, 0) is 0 Å². The minimum absolute atomic E-state index is 0.0140. The lowest BCUT2D eigenvalue weighted by molar-refractivity contribution is -0.384. The topological polar surface area (TPSA) is 93.5 Å². The Labute approximate surface area is 170 Å². The number of anilines is 2. The van der Waals surface area contributed by atoms with E-state index in [1.807, 2.05) is 0 Å². The largest absolute Gasteiger partial charge is 0.457 e. The molecule has 0 aromatic heterocycles. The van der Waals surface area contributed by atoms with Crippen LogP contribution in [-0.4, -0.2) is 11.0 Å². The lowest BCUT2D eigenvalue weighted by Crippen LogP contribution is -2.19. The number of carbonyl (C=O) groups is 1. The molecule has 3 aromatic rings. The van der Waals surface area contributed by atoms with Crippen molar-refractivity contribution in [2.45, 2.75) is 0 Å². The summed E-state index contributed by atoms with van der Waals surface area (Å²) < 4.78 is 5.61. The number of benzene rings is 3. The summed E-state index contributed by atoms with van der Waals surface area (Å²) in [5, 5.41) is 16.7. The maximum atomic E-state index is 12.1. The average Bonchev–Trinajstić information content (AvgIpc) is 2.67. The molecular formula is C19H13Cl2N3O4. The van der Waals surface area contributed by atoms with Crippen molar-refractivity contribution in [1.29, 1.82) is 0 Å². The Bertz CT molecular complexity index is 1010. The predicted molar refractivity (Wildman–Crippen MR) is 109 cm³/mol. The normalized spacial score (nSPS) is 10.2. The molecule has 0 fully saturated rings. The fourth-order valence-electron chi connectivity index (χ4n) is 2.25. The highest BCUT2D eigenvalue weighted by molar-refractivity contribution is 6.42. The summed E-state index contributed by atoms with van der Waals surface area (Å²) in [6, 6.07) is 16.7. The van der Waals surface area contributed by atoms with Crippen LogP contribution in [0.4, 0.5) is 21.9 Å². The molecule has 9 heteroatoms. The minimum atomic E-state index is -0.479. The summed E-state index contributed by atoms with van der Waals surface area (Å²) in [6.07, 6.45) is 0. The zero-order valence-electron chi connectivity index (χ0n) is 14.2. The van der Waals surface area contributed by atoms with Gasteiger partial charge in [-0.25, -0.2) is 4.79 Å². The number of ether oxygens (including phenoxy) is 1. The number of halogens is 2. The van der Waals surface area contributed by atoms with Gasteiger partial charge in [0, 0.05) is 23.5 Å². The van der Waals surface area contributed by atoms with E-state index in [-0.39, 0.29) is 5.69 Å². The molecule has 0 radical (unpaired) electrons. The lowest BCUT2D eigenvalue weighted by Gasteiger charge is -2.10. The van der Waals surface area contributed by atoms with E-state index >= 15 is 0 Å². The molecule has 0 heterocycles. The van der Waals surface area contributed by atoms with Gasteiger partial charge in [0.05, 0.1) is 15.0 Å². The van der Waals surface area contributed by atoms with Crippen molar-refractivity contribution in [2.24, 2.45) is 0 Å². The van der Waals surface area contributed by atoms with E-state index in [1.54, 1.807) is 42.5 Å². The van der Waals surface area contributed by atoms with E-state index in [9.17, 15) is 14.9 Å². The standard InChI is InChI=1S/C19H13Cl2N3O4/c20-17-10-3-13(11-18(17)21)23-19(25)22-12-1-6-15(7-2-12)28-16-8-4-14(5-9-16)24(26)27/h1-11H,(H2,22,23,25). The molecule has 0 unspecified atom stereocenters. The van der Waals surface area contributed by atoms with Crippen LogP contribution in [0.3, 0.4) is 0 Å². The monoisotopic (exact) mass is 417 g/mol. The van der Waals surface area contributed by atoms with Crippen LogP contribution < -0.4 is 15.4 Å². The van der Waals surface area contributed by atoms with E-state index in [4.69, 9.17) is 27.9 Å². The summed E-state index contributed by atoms with van der Waals surface area (Å²) in [4.78, 5) is 22.2. The van der Waals surface area contributed by atoms with Crippen molar-refractivity contribution in [3.05, 3.63) is 86.9 Å². The highest BCUT2D eigenvalue weighted by Gasteiger charge is 2.07. The number of non-ortho nitro benzene ring substituents is 1. The molecule has 3 rings (SSSR count). The van der Waals surface area contributed by atoms with Gasteiger partial charge in [-0.1, -0.05) is 23.2 Å². The van der Waals surface area contributed by atoms with E-state index in [0.29, 0.717) is 32.9 Å². The number of rotatable bonds is 5. The van der Waals surface area contributed by atoms with Gasteiger partial charge in [-0.2, -0.15) is 0 Å². The van der Waals surface area contributed by atoms with Crippen molar-refractivity contribution in [3.63, 3.8) is 0 Å². The van der Waals surface area contributed by atoms with Gasteiger partial charge >= 0.3 is 6.03 Å². The SMILES string of the molecule is O=C(Nc1ccc(Oc2ccc([N+](=O)[O-])cc2)cc1)Nc1ccc(Cl)c(Cl)c1. The predicted octanol–water partition coefficient (Wildman–Crippen LogP) is 6.34. The average molecular weight is 418 g/mol. The van der Waals surface area contributed by atoms with Crippen molar-refractivity contribution < 1.29 is 14.5 Å².